The third-order valence-electron chi connectivity index (χ3n) is 5.44. The highest BCUT2D eigenvalue weighted by atomic mass is 16.5. The van der Waals surface area contributed by atoms with Gasteiger partial charge in [-0.25, -0.2) is 4.98 Å². The predicted molar refractivity (Wildman–Crippen MR) is 118 cm³/mol. The highest BCUT2D eigenvalue weighted by molar-refractivity contribution is 6.01. The largest absolute Gasteiger partial charge is 0.437 e. The molecule has 4 aromatic rings. The zero-order valence-corrected chi connectivity index (χ0v) is 17.4. The first-order valence-corrected chi connectivity index (χ1v) is 10.1. The number of hydrogen-bond acceptors (Lipinski definition) is 5. The van der Waals surface area contributed by atoms with Gasteiger partial charge in [-0.05, 0) is 34.9 Å². The molecule has 0 saturated heterocycles. The van der Waals surface area contributed by atoms with Crippen LogP contribution in [-0.2, 0) is 20.1 Å². The molecule has 1 amide bonds. The maximum Gasteiger partial charge on any atom is 0.258 e. The Hall–Kier alpha value is -4.44. The summed E-state index contributed by atoms with van der Waals surface area (Å²) >= 11 is 0. The molecule has 0 bridgehead atoms. The lowest BCUT2D eigenvalue weighted by molar-refractivity contribution is 0.0765. The van der Waals surface area contributed by atoms with Crippen LogP contribution in [0.2, 0.25) is 0 Å². The van der Waals surface area contributed by atoms with Crippen molar-refractivity contribution in [1.29, 1.82) is 5.26 Å². The molecule has 0 radical (unpaired) electrons. The average molecular weight is 421 g/mol. The van der Waals surface area contributed by atoms with E-state index in [-0.39, 0.29) is 11.8 Å². The minimum Gasteiger partial charge on any atom is -0.437 e. The number of nitriles is 1. The summed E-state index contributed by atoms with van der Waals surface area (Å²) in [5.41, 5.74) is 4.91. The molecule has 2 aromatic carbocycles. The van der Waals surface area contributed by atoms with E-state index in [0.29, 0.717) is 30.0 Å². The molecule has 1 aliphatic heterocycles. The second-order valence-corrected chi connectivity index (χ2v) is 7.62. The zero-order chi connectivity index (χ0) is 22.1. The van der Waals surface area contributed by atoms with Gasteiger partial charge in [0.25, 0.3) is 5.91 Å². The lowest BCUT2D eigenvalue weighted by atomic mass is 10.1. The topological polar surface area (TPSA) is 84.0 Å². The number of benzene rings is 2. The van der Waals surface area contributed by atoms with Crippen LogP contribution in [0.4, 0.5) is 0 Å². The third-order valence-corrected chi connectivity index (χ3v) is 5.44. The van der Waals surface area contributed by atoms with E-state index >= 15 is 0 Å². The molecule has 0 saturated carbocycles. The molecular weight excluding hydrogens is 402 g/mol. The second kappa shape index (κ2) is 8.00. The van der Waals surface area contributed by atoms with Gasteiger partial charge in [0.1, 0.15) is 17.4 Å². The van der Waals surface area contributed by atoms with Crippen LogP contribution < -0.4 is 4.74 Å². The normalized spacial score (nSPS) is 12.5. The van der Waals surface area contributed by atoms with Crippen molar-refractivity contribution >= 4 is 5.91 Å². The number of fused-ring (bicyclic) bond motifs is 1. The molecule has 5 rings (SSSR count). The van der Waals surface area contributed by atoms with Gasteiger partial charge >= 0.3 is 0 Å². The minimum atomic E-state index is -0.0959. The quantitative estimate of drug-likeness (QED) is 0.480. The number of amides is 1. The van der Waals surface area contributed by atoms with Crippen LogP contribution in [0.25, 0.3) is 11.1 Å². The molecule has 156 valence electrons. The third kappa shape index (κ3) is 3.59. The van der Waals surface area contributed by atoms with Gasteiger partial charge in [-0.15, -0.1) is 0 Å². The van der Waals surface area contributed by atoms with E-state index in [1.165, 1.54) is 0 Å². The summed E-state index contributed by atoms with van der Waals surface area (Å²) in [5, 5.41) is 13.5. The Kier molecular flexibility index (Phi) is 4.88. The van der Waals surface area contributed by atoms with Crippen LogP contribution in [0, 0.1) is 11.3 Å². The number of aryl methyl sites for hydroxylation is 1. The van der Waals surface area contributed by atoms with Crippen molar-refractivity contribution in [1.82, 2.24) is 19.7 Å². The lowest BCUT2D eigenvalue weighted by Crippen LogP contribution is -2.23. The van der Waals surface area contributed by atoms with Crippen LogP contribution in [0.3, 0.4) is 0 Å². The van der Waals surface area contributed by atoms with Crippen LogP contribution >= 0.6 is 0 Å². The maximum atomic E-state index is 13.2. The number of hydrogen-bond donors (Lipinski definition) is 0. The molecule has 3 heterocycles. The van der Waals surface area contributed by atoms with E-state index in [0.717, 1.165) is 22.3 Å². The summed E-state index contributed by atoms with van der Waals surface area (Å²) in [4.78, 5) is 19.1. The van der Waals surface area contributed by atoms with Gasteiger partial charge in [-0.1, -0.05) is 36.4 Å². The van der Waals surface area contributed by atoms with Gasteiger partial charge in [-0.3, -0.25) is 9.48 Å². The zero-order valence-electron chi connectivity index (χ0n) is 17.4. The highest BCUT2D eigenvalue weighted by Gasteiger charge is 2.31. The Balaban J connectivity index is 1.36. The van der Waals surface area contributed by atoms with Crippen LogP contribution in [-0.4, -0.2) is 25.6 Å². The molecule has 0 spiro atoms. The first kappa shape index (κ1) is 19.5. The molecule has 32 heavy (non-hydrogen) atoms. The van der Waals surface area contributed by atoms with Crippen molar-refractivity contribution in [2.45, 2.75) is 13.1 Å². The molecule has 0 aliphatic carbocycles. The predicted octanol–water partition coefficient (Wildman–Crippen LogP) is 4.30. The average Bonchev–Trinajstić information content (AvgIpc) is 3.38. The van der Waals surface area contributed by atoms with Crippen LogP contribution in [0.5, 0.6) is 11.6 Å². The molecule has 7 heteroatoms. The van der Waals surface area contributed by atoms with E-state index in [1.807, 2.05) is 55.8 Å². The monoisotopic (exact) mass is 421 g/mol. The molecular formula is C25H19N5O2. The maximum absolute atomic E-state index is 13.2. The van der Waals surface area contributed by atoms with E-state index in [2.05, 4.69) is 16.2 Å². The summed E-state index contributed by atoms with van der Waals surface area (Å²) in [7, 11) is 1.89. The van der Waals surface area contributed by atoms with Crippen molar-refractivity contribution in [3.05, 3.63) is 95.4 Å². The highest BCUT2D eigenvalue weighted by Crippen LogP contribution is 2.34. The van der Waals surface area contributed by atoms with Gasteiger partial charge in [-0.2, -0.15) is 10.4 Å². The lowest BCUT2D eigenvalue weighted by Gasteiger charge is -2.16. The van der Waals surface area contributed by atoms with E-state index in [4.69, 9.17) is 4.74 Å². The van der Waals surface area contributed by atoms with Gasteiger partial charge in [0.2, 0.25) is 5.88 Å². The molecule has 2 aromatic heterocycles. The number of carbonyl (C=O) groups excluding carboxylic acids is 1. The fourth-order valence-electron chi connectivity index (χ4n) is 3.85. The Labute approximate surface area is 185 Å². The SMILES string of the molecule is Cn1cc(-c2ccc(CN3Cc4cccc(Oc5ncccc5C#N)c4C3=O)cc2)cn1. The summed E-state index contributed by atoms with van der Waals surface area (Å²) < 4.78 is 7.66. The van der Waals surface area contributed by atoms with Gasteiger partial charge in [0.15, 0.2) is 0 Å². The Morgan fingerprint density at radius 1 is 1.09 bits per heavy atom. The smallest absolute Gasteiger partial charge is 0.258 e. The molecule has 0 fully saturated rings. The van der Waals surface area contributed by atoms with Crippen molar-refractivity contribution < 1.29 is 9.53 Å². The van der Waals surface area contributed by atoms with Gasteiger partial charge in [0.05, 0.1) is 11.8 Å². The molecule has 0 atom stereocenters. The number of aromatic nitrogens is 3. The summed E-state index contributed by atoms with van der Waals surface area (Å²) in [5.74, 6) is 0.513. The number of pyridine rings is 1. The standard InChI is InChI=1S/C25H19N5O2/c1-29-15-21(13-28-29)18-9-7-17(8-10-18)14-30-16-20-4-2-6-22(23(20)25(30)31)32-24-19(12-26)5-3-11-27-24/h2-11,13,15H,14,16H2,1H3. The number of carbonyl (C=O) groups is 1. The number of ether oxygens (including phenoxy) is 1. The van der Waals surface area contributed by atoms with E-state index in [9.17, 15) is 10.1 Å². The van der Waals surface area contributed by atoms with Gasteiger partial charge < -0.3 is 9.64 Å². The van der Waals surface area contributed by atoms with E-state index < -0.39 is 0 Å². The molecule has 1 aliphatic rings. The molecule has 0 N–H and O–H groups in total. The van der Waals surface area contributed by atoms with Crippen LogP contribution in [0.15, 0.2) is 73.2 Å². The van der Waals surface area contributed by atoms with Crippen molar-refractivity contribution in [2.75, 3.05) is 0 Å². The van der Waals surface area contributed by atoms with Crippen LogP contribution in [0.1, 0.15) is 27.0 Å². The Morgan fingerprint density at radius 3 is 2.69 bits per heavy atom. The summed E-state index contributed by atoms with van der Waals surface area (Å²) in [6.45, 7) is 0.996. The van der Waals surface area contributed by atoms with Crippen molar-refractivity contribution in [3.8, 4) is 28.8 Å². The first-order valence-electron chi connectivity index (χ1n) is 10.1. The number of rotatable bonds is 5. The summed E-state index contributed by atoms with van der Waals surface area (Å²) in [6.07, 6.45) is 5.36. The van der Waals surface area contributed by atoms with Crippen molar-refractivity contribution in [2.24, 2.45) is 7.05 Å². The number of nitrogens with zero attached hydrogens (tertiary/aromatic N) is 5. The fourth-order valence-corrected chi connectivity index (χ4v) is 3.85. The minimum absolute atomic E-state index is 0.0959. The Bertz CT molecular complexity index is 1350. The van der Waals surface area contributed by atoms with Crippen molar-refractivity contribution in [3.63, 3.8) is 0 Å². The summed E-state index contributed by atoms with van der Waals surface area (Å²) in [6, 6.07) is 19.0. The Morgan fingerprint density at radius 2 is 1.94 bits per heavy atom. The molecule has 0 unspecified atom stereocenters. The van der Waals surface area contributed by atoms with Gasteiger partial charge in [0, 0.05) is 38.1 Å². The second-order valence-electron chi connectivity index (χ2n) is 7.62. The van der Waals surface area contributed by atoms with E-state index in [1.54, 1.807) is 34.0 Å². The fraction of sp³-hybridized carbons (Fsp3) is 0.120. The first-order chi connectivity index (χ1) is 15.6. The molecule has 7 nitrogen and oxygen atoms in total.